The largest absolute Gasteiger partial charge is 0.478 e. The van der Waals surface area contributed by atoms with Crippen molar-refractivity contribution in [2.24, 2.45) is 4.99 Å². The lowest BCUT2D eigenvalue weighted by molar-refractivity contribution is 0.0697. The van der Waals surface area contributed by atoms with Crippen molar-refractivity contribution < 1.29 is 14.7 Å². The van der Waals surface area contributed by atoms with Crippen molar-refractivity contribution in [2.75, 3.05) is 0 Å². The lowest BCUT2D eigenvalue weighted by atomic mass is 10.2. The van der Waals surface area contributed by atoms with Crippen LogP contribution < -0.4 is 0 Å². The number of carbonyl (C=O) groups excluding carboxylic acids is 1. The summed E-state index contributed by atoms with van der Waals surface area (Å²) in [5.74, 6) is -1.15. The van der Waals surface area contributed by atoms with Crippen LogP contribution >= 0.6 is 31.9 Å². The normalized spacial score (nSPS) is 9.29. The van der Waals surface area contributed by atoms with Gasteiger partial charge in [0.15, 0.2) is 0 Å². The number of isocyanates is 1. The molecule has 0 heterocycles. The first-order chi connectivity index (χ1) is 6.56. The summed E-state index contributed by atoms with van der Waals surface area (Å²) in [7, 11) is 0. The van der Waals surface area contributed by atoms with Crippen molar-refractivity contribution in [3.63, 3.8) is 0 Å². The number of aromatic carboxylic acids is 1. The fourth-order valence-corrected chi connectivity index (χ4v) is 2.20. The highest BCUT2D eigenvalue weighted by molar-refractivity contribution is 9.11. The van der Waals surface area contributed by atoms with Crippen molar-refractivity contribution in [2.45, 2.75) is 0 Å². The summed E-state index contributed by atoms with van der Waals surface area (Å²) in [5.41, 5.74) is 0.00491. The Morgan fingerprint density at radius 2 is 2.07 bits per heavy atom. The summed E-state index contributed by atoms with van der Waals surface area (Å²) in [6.45, 7) is 0. The Bertz CT molecular complexity index is 438. The quantitative estimate of drug-likeness (QED) is 0.673. The Kier molecular flexibility index (Phi) is 3.57. The van der Waals surface area contributed by atoms with Crippen molar-refractivity contribution in [3.05, 3.63) is 26.6 Å². The van der Waals surface area contributed by atoms with E-state index in [-0.39, 0.29) is 11.3 Å². The van der Waals surface area contributed by atoms with Gasteiger partial charge >= 0.3 is 5.97 Å². The minimum absolute atomic E-state index is 0.0606. The predicted molar refractivity (Wildman–Crippen MR) is 56.6 cm³/mol. The highest BCUT2D eigenvalue weighted by Gasteiger charge is 2.13. The van der Waals surface area contributed by atoms with Crippen molar-refractivity contribution in [1.29, 1.82) is 0 Å². The minimum Gasteiger partial charge on any atom is -0.478 e. The predicted octanol–water partition coefficient (Wildman–Crippen LogP) is 2.88. The average molecular weight is 321 g/mol. The van der Waals surface area contributed by atoms with Crippen LogP contribution in [0.4, 0.5) is 5.69 Å². The van der Waals surface area contributed by atoms with Gasteiger partial charge in [-0.1, -0.05) is 15.9 Å². The van der Waals surface area contributed by atoms with Crippen LogP contribution in [0.25, 0.3) is 0 Å². The number of hydrogen-bond acceptors (Lipinski definition) is 3. The summed E-state index contributed by atoms with van der Waals surface area (Å²) < 4.78 is 1.01. The average Bonchev–Trinajstić information content (AvgIpc) is 2.09. The topological polar surface area (TPSA) is 66.7 Å². The number of carboxylic acids is 1. The number of rotatable bonds is 2. The van der Waals surface area contributed by atoms with Gasteiger partial charge in [-0.15, -0.1) is 0 Å². The number of halogens is 2. The molecule has 0 saturated heterocycles. The molecular formula is C8H3Br2NO3. The summed E-state index contributed by atoms with van der Waals surface area (Å²) in [5, 5.41) is 8.81. The molecule has 0 saturated carbocycles. The minimum atomic E-state index is -1.15. The maximum atomic E-state index is 10.8. The lowest BCUT2D eigenvalue weighted by Gasteiger charge is -2.02. The molecule has 1 aromatic carbocycles. The zero-order chi connectivity index (χ0) is 10.7. The second-order valence-electron chi connectivity index (χ2n) is 2.29. The Labute approximate surface area is 95.9 Å². The van der Waals surface area contributed by atoms with Gasteiger partial charge in [-0.2, -0.15) is 4.99 Å². The maximum absolute atomic E-state index is 10.8. The molecule has 0 spiro atoms. The molecule has 1 N–H and O–H groups in total. The molecule has 0 aromatic heterocycles. The molecule has 14 heavy (non-hydrogen) atoms. The Morgan fingerprint density at radius 1 is 1.43 bits per heavy atom. The van der Waals surface area contributed by atoms with Crippen molar-refractivity contribution in [3.8, 4) is 0 Å². The van der Waals surface area contributed by atoms with Crippen LogP contribution in [-0.2, 0) is 4.79 Å². The van der Waals surface area contributed by atoms with Gasteiger partial charge < -0.3 is 5.11 Å². The van der Waals surface area contributed by atoms with Crippen LogP contribution in [0.15, 0.2) is 26.1 Å². The first-order valence-corrected chi connectivity index (χ1v) is 4.95. The third-order valence-corrected chi connectivity index (χ3v) is 2.48. The molecule has 0 aliphatic carbocycles. The van der Waals surface area contributed by atoms with Gasteiger partial charge in [0, 0.05) is 8.95 Å². The summed E-state index contributed by atoms with van der Waals surface area (Å²) in [6.07, 6.45) is 1.31. The number of benzene rings is 1. The van der Waals surface area contributed by atoms with Gasteiger partial charge in [-0.3, -0.25) is 0 Å². The van der Waals surface area contributed by atoms with E-state index in [2.05, 4.69) is 36.9 Å². The zero-order valence-corrected chi connectivity index (χ0v) is 9.79. The van der Waals surface area contributed by atoms with E-state index >= 15 is 0 Å². The summed E-state index contributed by atoms with van der Waals surface area (Å²) in [4.78, 5) is 24.2. The fourth-order valence-electron chi connectivity index (χ4n) is 0.888. The molecule has 0 unspecified atom stereocenters. The fraction of sp³-hybridized carbons (Fsp3) is 0. The molecule has 0 bridgehead atoms. The standard InChI is InChI=1S/C8H3Br2NO3/c9-4-1-5(8(13)14)7(11-3-12)6(10)2-4/h1-2H,(H,13,14). The van der Waals surface area contributed by atoms with Gasteiger partial charge in [-0.05, 0) is 28.1 Å². The van der Waals surface area contributed by atoms with Crippen molar-refractivity contribution >= 4 is 49.6 Å². The van der Waals surface area contributed by atoms with Gasteiger partial charge in [0.2, 0.25) is 6.08 Å². The highest BCUT2D eigenvalue weighted by Crippen LogP contribution is 2.32. The summed E-state index contributed by atoms with van der Waals surface area (Å²) in [6, 6.07) is 2.96. The first-order valence-electron chi connectivity index (χ1n) is 3.36. The molecule has 0 radical (unpaired) electrons. The number of nitrogens with zero attached hydrogens (tertiary/aromatic N) is 1. The first kappa shape index (κ1) is 11.1. The Balaban J connectivity index is 3.51. The SMILES string of the molecule is O=C=Nc1c(Br)cc(Br)cc1C(=O)O. The third-order valence-electron chi connectivity index (χ3n) is 1.42. The van der Waals surface area contributed by atoms with Crippen LogP contribution in [0.2, 0.25) is 0 Å². The van der Waals surface area contributed by atoms with E-state index in [0.717, 1.165) is 0 Å². The number of carbonyl (C=O) groups is 1. The molecule has 4 nitrogen and oxygen atoms in total. The van der Waals surface area contributed by atoms with E-state index in [4.69, 9.17) is 5.11 Å². The van der Waals surface area contributed by atoms with Crippen molar-refractivity contribution in [1.82, 2.24) is 0 Å². The molecule has 0 fully saturated rings. The van der Waals surface area contributed by atoms with Crippen LogP contribution in [0.1, 0.15) is 10.4 Å². The van der Waals surface area contributed by atoms with E-state index in [0.29, 0.717) is 8.95 Å². The van der Waals surface area contributed by atoms with Crippen LogP contribution in [0.3, 0.4) is 0 Å². The number of hydrogen-bond donors (Lipinski definition) is 1. The molecule has 0 amide bonds. The van der Waals surface area contributed by atoms with Gasteiger partial charge in [0.1, 0.15) is 5.69 Å². The van der Waals surface area contributed by atoms with E-state index < -0.39 is 5.97 Å². The number of aliphatic imine (C=N–C) groups is 1. The van der Waals surface area contributed by atoms with E-state index in [1.807, 2.05) is 0 Å². The highest BCUT2D eigenvalue weighted by atomic mass is 79.9. The second kappa shape index (κ2) is 4.50. The van der Waals surface area contributed by atoms with E-state index in [1.165, 1.54) is 12.1 Å². The molecule has 72 valence electrons. The van der Waals surface area contributed by atoms with Crippen LogP contribution in [-0.4, -0.2) is 17.2 Å². The van der Waals surface area contributed by atoms with Crippen LogP contribution in [0, 0.1) is 0 Å². The van der Waals surface area contributed by atoms with Gasteiger partial charge in [0.05, 0.1) is 5.56 Å². The molecule has 0 atom stereocenters. The number of carboxylic acid groups (broad SMARTS) is 1. The Morgan fingerprint density at radius 3 is 2.57 bits per heavy atom. The Hall–Kier alpha value is -0.970. The molecule has 1 aromatic rings. The van der Waals surface area contributed by atoms with E-state index in [9.17, 15) is 9.59 Å². The zero-order valence-electron chi connectivity index (χ0n) is 6.62. The maximum Gasteiger partial charge on any atom is 0.338 e. The lowest BCUT2D eigenvalue weighted by Crippen LogP contribution is -1.97. The van der Waals surface area contributed by atoms with Crippen LogP contribution in [0.5, 0.6) is 0 Å². The molecular weight excluding hydrogens is 318 g/mol. The smallest absolute Gasteiger partial charge is 0.338 e. The molecule has 1 rings (SSSR count). The monoisotopic (exact) mass is 319 g/mol. The summed E-state index contributed by atoms with van der Waals surface area (Å²) >= 11 is 6.23. The van der Waals surface area contributed by atoms with E-state index in [1.54, 1.807) is 6.07 Å². The van der Waals surface area contributed by atoms with Gasteiger partial charge in [0.25, 0.3) is 0 Å². The third kappa shape index (κ3) is 2.29. The molecule has 0 aliphatic rings. The molecule has 0 aliphatic heterocycles. The molecule has 6 heteroatoms. The second-order valence-corrected chi connectivity index (χ2v) is 4.06. The van der Waals surface area contributed by atoms with Gasteiger partial charge in [-0.25, -0.2) is 9.59 Å².